The fourth-order valence-electron chi connectivity index (χ4n) is 6.48. The molecule has 0 spiro atoms. The molecule has 0 N–H and O–H groups in total. The van der Waals surface area contributed by atoms with Crippen LogP contribution < -0.4 is 0 Å². The normalized spacial score (nSPS) is 8.92. The second kappa shape index (κ2) is 51.2. The smallest absolute Gasteiger partial charge is 0.164 e. The van der Waals surface area contributed by atoms with E-state index in [-0.39, 0.29) is 45.3 Å². The van der Waals surface area contributed by atoms with Crippen LogP contribution in [0, 0.1) is 30.2 Å². The van der Waals surface area contributed by atoms with Crippen LogP contribution in [0.25, 0.3) is 62.0 Å². The van der Waals surface area contributed by atoms with E-state index < -0.39 is 11.6 Å². The summed E-state index contributed by atoms with van der Waals surface area (Å²) in [5.74, 6) is 1.52. The van der Waals surface area contributed by atoms with E-state index in [4.69, 9.17) is 0 Å². The zero-order valence-corrected chi connectivity index (χ0v) is 53.9. The highest BCUT2D eigenvalue weighted by atomic mass is 19.1. The number of hydrogen-bond acceptors (Lipinski definition) is 14. The van der Waals surface area contributed by atoms with Crippen LogP contribution in [0.4, 0.5) is 17.6 Å². The third-order valence-electron chi connectivity index (χ3n) is 9.70. The van der Waals surface area contributed by atoms with Crippen LogP contribution in [-0.4, -0.2) is 108 Å². The molecule has 10 aromatic heterocycles. The molecule has 23 heteroatoms. The number of nitrogens with zero attached hydrogens (tertiary/aromatic N) is 15. The van der Waals surface area contributed by atoms with Crippen LogP contribution >= 0.6 is 0 Å². The summed E-state index contributed by atoms with van der Waals surface area (Å²) in [4.78, 5) is 53.8. The minimum atomic E-state index is -0.398. The molecule has 10 aromatic rings. The summed E-state index contributed by atoms with van der Waals surface area (Å²) in [7, 11) is 0. The maximum absolute atomic E-state index is 13.3. The van der Waals surface area contributed by atoms with Gasteiger partial charge in [-0.1, -0.05) is 125 Å². The molecule has 12 radical (unpaired) electrons. The van der Waals surface area contributed by atoms with Crippen LogP contribution in [-0.2, 0) is 25.7 Å². The van der Waals surface area contributed by atoms with Gasteiger partial charge in [0, 0.05) is 118 Å². The minimum Gasteiger partial charge on any atom is -0.261 e. The summed E-state index contributed by atoms with van der Waals surface area (Å²) in [6.45, 7) is 37.8. The molecular weight excluding hydrogens is 1090 g/mol. The number of aromatic nitrogens is 15. The molecule has 0 amide bonds. The van der Waals surface area contributed by atoms with Gasteiger partial charge >= 0.3 is 0 Å². The fraction of sp³-hybridized carbons (Fsp3) is 0.365. The van der Waals surface area contributed by atoms with E-state index in [0.29, 0.717) is 51.2 Å². The second-order valence-corrected chi connectivity index (χ2v) is 14.6. The van der Waals surface area contributed by atoms with Crippen LogP contribution in [0.2, 0.25) is 0 Å². The molecule has 0 aliphatic heterocycles. The summed E-state index contributed by atoms with van der Waals surface area (Å²) in [5, 5.41) is 4.20. The standard InChI is InChI=1S/C14H11FN4.C13H11FN4.C11H11FN4.C11H10FN3.7C2H6.4B/c1-2-11-13-12(4-3-5-17-13)19-14(18-11)9-6-10(15)8-16-7-9;1-2-11-6-12(9-5-10(14)8-15-7-9)18-13(17-11)3-4-16-18;1-3-10-14-7(2)15-11(16-10)8-4-9(12)6-13-5-8;1-2-11-14-4-3-10(15-11)8-5-9(12)7-13-6-8;7*1-2;;;;/h3-8H,2H2,1H3;3-8H,2H2,1H3;4-6H,3H2,1-2H3;3-7H,2H2,1H3;7*1-2H3;;;;. The molecule has 0 aliphatic rings. The highest BCUT2D eigenvalue weighted by molar-refractivity contribution is 5.78. The monoisotopic (exact) mass is 1170 g/mol. The van der Waals surface area contributed by atoms with E-state index in [1.807, 2.05) is 149 Å². The fourth-order valence-corrected chi connectivity index (χ4v) is 6.48. The Hall–Kier alpha value is -8.22. The zero-order valence-electron chi connectivity index (χ0n) is 53.9. The van der Waals surface area contributed by atoms with E-state index >= 15 is 0 Å². The van der Waals surface area contributed by atoms with Gasteiger partial charge in [-0.3, -0.25) is 24.9 Å². The number of halogens is 4. The van der Waals surface area contributed by atoms with Gasteiger partial charge in [0.25, 0.3) is 0 Å². The average molecular weight is 1170 g/mol. The van der Waals surface area contributed by atoms with Gasteiger partial charge in [0.05, 0.1) is 53.6 Å². The molecule has 0 aliphatic carbocycles. The molecule has 0 saturated carbocycles. The summed E-state index contributed by atoms with van der Waals surface area (Å²) < 4.78 is 54.1. The van der Waals surface area contributed by atoms with Gasteiger partial charge in [0.15, 0.2) is 17.3 Å². The topological polar surface area (TPSA) is 185 Å². The lowest BCUT2D eigenvalue weighted by Crippen LogP contribution is -2.01. The molecule has 10 heterocycles. The average Bonchev–Trinajstić information content (AvgIpc) is 4.14. The van der Waals surface area contributed by atoms with Gasteiger partial charge in [0.1, 0.15) is 46.3 Å². The van der Waals surface area contributed by atoms with Crippen molar-refractivity contribution in [3.05, 3.63) is 175 Å². The van der Waals surface area contributed by atoms with Gasteiger partial charge in [-0.2, -0.15) is 5.10 Å². The second-order valence-electron chi connectivity index (χ2n) is 14.6. The molecule has 86 heavy (non-hydrogen) atoms. The largest absolute Gasteiger partial charge is 0.261 e. The van der Waals surface area contributed by atoms with Gasteiger partial charge in [0.2, 0.25) is 0 Å². The van der Waals surface area contributed by atoms with E-state index in [1.54, 1.807) is 54.7 Å². The van der Waals surface area contributed by atoms with E-state index in [2.05, 4.69) is 69.9 Å². The van der Waals surface area contributed by atoms with Crippen molar-refractivity contribution in [2.75, 3.05) is 0 Å². The Balaban J connectivity index is -0.000000313. The van der Waals surface area contributed by atoms with Crippen molar-refractivity contribution in [2.24, 2.45) is 0 Å². The molecule has 0 bridgehead atoms. The third-order valence-corrected chi connectivity index (χ3v) is 9.70. The molecule has 0 saturated heterocycles. The summed E-state index contributed by atoms with van der Waals surface area (Å²) in [6, 6.07) is 14.8. The first-order valence-corrected chi connectivity index (χ1v) is 28.5. The van der Waals surface area contributed by atoms with Gasteiger partial charge in [-0.25, -0.2) is 61.9 Å². The van der Waals surface area contributed by atoms with Crippen molar-refractivity contribution < 1.29 is 17.6 Å². The highest BCUT2D eigenvalue weighted by Crippen LogP contribution is 2.23. The van der Waals surface area contributed by atoms with Crippen molar-refractivity contribution >= 4 is 50.3 Å². The Kier molecular flexibility index (Phi) is 51.6. The summed E-state index contributed by atoms with van der Waals surface area (Å²) in [6.07, 6.45) is 19.1. The lowest BCUT2D eigenvalue weighted by molar-refractivity contribution is 0.621. The first-order chi connectivity index (χ1) is 40.0. The third kappa shape index (κ3) is 28.1. The molecular formula is C63H85B4F4N15. The Bertz CT molecular complexity index is 3330. The molecule has 0 atom stereocenters. The number of fused-ring (bicyclic) bond motifs is 2. The maximum Gasteiger partial charge on any atom is 0.164 e. The van der Waals surface area contributed by atoms with Crippen molar-refractivity contribution in [3.63, 3.8) is 0 Å². The first-order valence-electron chi connectivity index (χ1n) is 28.5. The molecule has 0 aromatic carbocycles. The molecule has 0 fully saturated rings. The number of rotatable bonds is 8. The van der Waals surface area contributed by atoms with Crippen molar-refractivity contribution in [1.29, 1.82) is 0 Å². The SMILES string of the molecule is CC.CC.CC.CC.CC.CC.CC.CCc1cc(-c2cncc(F)c2)n2nccc2n1.CCc1nc(-c2cncc(F)c2)nc2cccnc12.CCc1nc(C)nc(-c2cncc(F)c2)n1.CCc1nccc(-c2cncc(F)c2)n1.[B].[B].[B].[B]. The quantitative estimate of drug-likeness (QED) is 0.103. The van der Waals surface area contributed by atoms with E-state index in [1.165, 1.54) is 42.9 Å². The Morgan fingerprint density at radius 3 is 1.37 bits per heavy atom. The summed E-state index contributed by atoms with van der Waals surface area (Å²) in [5.41, 5.74) is 8.11. The van der Waals surface area contributed by atoms with Crippen molar-refractivity contribution in [1.82, 2.24) is 74.4 Å². The molecule has 10 rings (SSSR count). The predicted molar refractivity (Wildman–Crippen MR) is 350 cm³/mol. The zero-order chi connectivity index (χ0) is 62.0. The van der Waals surface area contributed by atoms with E-state index in [9.17, 15) is 17.6 Å². The molecule has 15 nitrogen and oxygen atoms in total. The van der Waals surface area contributed by atoms with Crippen LogP contribution in [0.5, 0.6) is 0 Å². The van der Waals surface area contributed by atoms with Crippen molar-refractivity contribution in [3.8, 4) is 45.3 Å². The lowest BCUT2D eigenvalue weighted by atomic mass is 10.1. The van der Waals surface area contributed by atoms with Crippen LogP contribution in [0.15, 0.2) is 123 Å². The number of hydrogen-bond donors (Lipinski definition) is 0. The molecule has 0 unspecified atom stereocenters. The Morgan fingerprint density at radius 2 is 0.884 bits per heavy atom. The molecule has 452 valence electrons. The van der Waals surface area contributed by atoms with Crippen molar-refractivity contribution in [2.45, 2.75) is 157 Å². The summed E-state index contributed by atoms with van der Waals surface area (Å²) >= 11 is 0. The predicted octanol–water partition coefficient (Wildman–Crippen LogP) is 15.1. The highest BCUT2D eigenvalue weighted by Gasteiger charge is 2.12. The number of pyridine rings is 5. The van der Waals surface area contributed by atoms with Gasteiger partial charge < -0.3 is 0 Å². The maximum atomic E-state index is 13.3. The van der Waals surface area contributed by atoms with Gasteiger partial charge in [-0.15, -0.1) is 0 Å². The first kappa shape index (κ1) is 86.6. The Morgan fingerprint density at radius 1 is 0.407 bits per heavy atom. The minimum absolute atomic E-state index is 0. The number of aryl methyl sites for hydroxylation is 5. The lowest BCUT2D eigenvalue weighted by Gasteiger charge is -2.06. The van der Waals surface area contributed by atoms with Crippen LogP contribution in [0.1, 0.15) is 153 Å². The van der Waals surface area contributed by atoms with Gasteiger partial charge in [-0.05, 0) is 68.3 Å². The Labute approximate surface area is 517 Å². The van der Waals surface area contributed by atoms with Crippen LogP contribution in [0.3, 0.4) is 0 Å². The van der Waals surface area contributed by atoms with E-state index in [0.717, 1.165) is 77.7 Å².